The van der Waals surface area contributed by atoms with E-state index < -0.39 is 0 Å². The fourth-order valence-corrected chi connectivity index (χ4v) is 2.83. The predicted octanol–water partition coefficient (Wildman–Crippen LogP) is -0.131. The number of amides is 1. The van der Waals surface area contributed by atoms with E-state index in [1.165, 1.54) is 0 Å². The number of piperazine rings is 1. The van der Waals surface area contributed by atoms with Gasteiger partial charge in [-0.25, -0.2) is 4.68 Å². The van der Waals surface area contributed by atoms with Gasteiger partial charge in [0.2, 0.25) is 5.91 Å². The average Bonchev–Trinajstić information content (AvgIpc) is 3.24. The van der Waals surface area contributed by atoms with E-state index >= 15 is 0 Å². The number of rotatable bonds is 8. The van der Waals surface area contributed by atoms with Crippen molar-refractivity contribution in [1.82, 2.24) is 35.3 Å². The lowest BCUT2D eigenvalue weighted by Crippen LogP contribution is -2.49. The molecule has 128 valence electrons. The van der Waals surface area contributed by atoms with E-state index in [0.717, 1.165) is 70.8 Å². The lowest BCUT2D eigenvalue weighted by molar-refractivity contribution is -0.122. The van der Waals surface area contributed by atoms with E-state index in [9.17, 15) is 4.79 Å². The second-order valence-corrected chi connectivity index (χ2v) is 6.57. The Bertz CT molecular complexity index is 506. The minimum Gasteiger partial charge on any atom is -0.352 e. The van der Waals surface area contributed by atoms with Crippen LogP contribution in [0, 0.1) is 0 Å². The molecule has 0 bridgehead atoms. The first kappa shape index (κ1) is 16.3. The van der Waals surface area contributed by atoms with Crippen molar-refractivity contribution in [2.75, 3.05) is 32.7 Å². The van der Waals surface area contributed by atoms with Crippen LogP contribution in [0.2, 0.25) is 0 Å². The predicted molar refractivity (Wildman–Crippen MR) is 85.6 cm³/mol. The number of nitrogens with zero attached hydrogens (tertiary/aromatic N) is 6. The lowest BCUT2D eigenvalue weighted by atomic mass is 10.3. The minimum atomic E-state index is 0.171. The summed E-state index contributed by atoms with van der Waals surface area (Å²) in [4.78, 5) is 16.4. The van der Waals surface area contributed by atoms with Gasteiger partial charge in [0, 0.05) is 38.8 Å². The summed E-state index contributed by atoms with van der Waals surface area (Å²) < 4.78 is 1.92. The van der Waals surface area contributed by atoms with Gasteiger partial charge in [-0.15, -0.1) is 5.10 Å². The van der Waals surface area contributed by atoms with Crippen LogP contribution in [0.3, 0.4) is 0 Å². The van der Waals surface area contributed by atoms with Crippen molar-refractivity contribution in [2.45, 2.75) is 51.7 Å². The van der Waals surface area contributed by atoms with Crippen molar-refractivity contribution in [1.29, 1.82) is 0 Å². The van der Waals surface area contributed by atoms with Crippen LogP contribution in [0.15, 0.2) is 0 Å². The summed E-state index contributed by atoms with van der Waals surface area (Å²) in [6.45, 7) is 8.14. The third-order valence-corrected chi connectivity index (χ3v) is 4.47. The molecule has 0 atom stereocenters. The van der Waals surface area contributed by atoms with Crippen molar-refractivity contribution in [3.05, 3.63) is 5.82 Å². The number of aryl methyl sites for hydroxylation is 1. The zero-order valence-corrected chi connectivity index (χ0v) is 13.9. The molecule has 0 unspecified atom stereocenters. The summed E-state index contributed by atoms with van der Waals surface area (Å²) >= 11 is 0. The van der Waals surface area contributed by atoms with Crippen LogP contribution >= 0.6 is 0 Å². The summed E-state index contributed by atoms with van der Waals surface area (Å²) in [5.74, 6) is 1.11. The maximum atomic E-state index is 11.8. The molecule has 1 aliphatic heterocycles. The molecule has 0 radical (unpaired) electrons. The topological polar surface area (TPSA) is 79.2 Å². The van der Waals surface area contributed by atoms with Crippen molar-refractivity contribution < 1.29 is 4.79 Å². The first-order chi connectivity index (χ1) is 11.2. The number of unbranched alkanes of at least 4 members (excludes halogenated alkanes) is 1. The Morgan fingerprint density at radius 2 is 1.96 bits per heavy atom. The molecule has 0 spiro atoms. The smallest absolute Gasteiger partial charge is 0.234 e. The van der Waals surface area contributed by atoms with Crippen LogP contribution in [0.5, 0.6) is 0 Å². The molecule has 23 heavy (non-hydrogen) atoms. The fraction of sp³-hybridized carbons (Fsp3) is 0.867. The third-order valence-electron chi connectivity index (χ3n) is 4.47. The standard InChI is InChI=1S/C15H27N7O/c1-2-3-6-22-14(17-18-19-22)11-20-7-9-21(10-8-20)12-15(23)16-13-4-5-13/h13H,2-12H2,1H3,(H,16,23). The number of carbonyl (C=O) groups is 1. The largest absolute Gasteiger partial charge is 0.352 e. The molecule has 2 heterocycles. The molecule has 1 amide bonds. The Kier molecular flexibility index (Phi) is 5.56. The Morgan fingerprint density at radius 3 is 2.65 bits per heavy atom. The highest BCUT2D eigenvalue weighted by Crippen LogP contribution is 2.18. The van der Waals surface area contributed by atoms with Gasteiger partial charge in [0.05, 0.1) is 13.1 Å². The number of carbonyl (C=O) groups excluding carboxylic acids is 1. The molecular weight excluding hydrogens is 294 g/mol. The maximum absolute atomic E-state index is 11.8. The maximum Gasteiger partial charge on any atom is 0.234 e. The molecule has 8 heteroatoms. The Hall–Kier alpha value is -1.54. The fourth-order valence-electron chi connectivity index (χ4n) is 2.83. The highest BCUT2D eigenvalue weighted by atomic mass is 16.2. The van der Waals surface area contributed by atoms with Crippen LogP contribution in [0.4, 0.5) is 0 Å². The first-order valence-corrected chi connectivity index (χ1v) is 8.73. The van der Waals surface area contributed by atoms with E-state index in [1.807, 2.05) is 4.68 Å². The van der Waals surface area contributed by atoms with E-state index in [4.69, 9.17) is 0 Å². The Morgan fingerprint density at radius 1 is 1.22 bits per heavy atom. The second-order valence-electron chi connectivity index (χ2n) is 6.57. The van der Waals surface area contributed by atoms with Crippen LogP contribution in [0.25, 0.3) is 0 Å². The van der Waals surface area contributed by atoms with Crippen molar-refractivity contribution in [2.24, 2.45) is 0 Å². The van der Waals surface area contributed by atoms with Gasteiger partial charge in [-0.05, 0) is 29.7 Å². The van der Waals surface area contributed by atoms with Crippen LogP contribution < -0.4 is 5.32 Å². The molecule has 2 aliphatic rings. The zero-order chi connectivity index (χ0) is 16.1. The number of hydrogen-bond acceptors (Lipinski definition) is 6. The molecule has 2 fully saturated rings. The summed E-state index contributed by atoms with van der Waals surface area (Å²) in [5, 5.41) is 15.1. The molecule has 3 rings (SSSR count). The second kappa shape index (κ2) is 7.83. The SMILES string of the molecule is CCCCn1nnnc1CN1CCN(CC(=O)NC2CC2)CC1. The molecule has 1 saturated heterocycles. The van der Waals surface area contributed by atoms with Crippen LogP contribution in [0.1, 0.15) is 38.4 Å². The highest BCUT2D eigenvalue weighted by molar-refractivity contribution is 5.78. The van der Waals surface area contributed by atoms with Crippen LogP contribution in [-0.2, 0) is 17.9 Å². The van der Waals surface area contributed by atoms with Gasteiger partial charge in [0.1, 0.15) is 0 Å². The molecule has 1 aromatic rings. The number of aromatic nitrogens is 4. The molecule has 8 nitrogen and oxygen atoms in total. The van der Waals surface area contributed by atoms with Gasteiger partial charge in [0.15, 0.2) is 5.82 Å². The summed E-state index contributed by atoms with van der Waals surface area (Å²) in [6.07, 6.45) is 4.53. The molecule has 1 aromatic heterocycles. The molecule has 0 aromatic carbocycles. The summed E-state index contributed by atoms with van der Waals surface area (Å²) in [5.41, 5.74) is 0. The number of tetrazole rings is 1. The van der Waals surface area contributed by atoms with Crippen molar-refractivity contribution in [3.8, 4) is 0 Å². The molecule has 1 aliphatic carbocycles. The Labute approximate surface area is 137 Å². The average molecular weight is 321 g/mol. The highest BCUT2D eigenvalue weighted by Gasteiger charge is 2.25. The quantitative estimate of drug-likeness (QED) is 0.718. The summed E-state index contributed by atoms with van der Waals surface area (Å²) in [7, 11) is 0. The van der Waals surface area contributed by atoms with Gasteiger partial charge >= 0.3 is 0 Å². The van der Waals surface area contributed by atoms with Gasteiger partial charge in [-0.1, -0.05) is 13.3 Å². The van der Waals surface area contributed by atoms with Gasteiger partial charge in [-0.3, -0.25) is 14.6 Å². The van der Waals surface area contributed by atoms with E-state index in [-0.39, 0.29) is 5.91 Å². The van der Waals surface area contributed by atoms with Crippen molar-refractivity contribution >= 4 is 5.91 Å². The van der Waals surface area contributed by atoms with E-state index in [0.29, 0.717) is 12.6 Å². The first-order valence-electron chi connectivity index (χ1n) is 8.73. The van der Waals surface area contributed by atoms with Gasteiger partial charge < -0.3 is 5.32 Å². The molecule has 1 N–H and O–H groups in total. The third kappa shape index (κ3) is 4.97. The van der Waals surface area contributed by atoms with Gasteiger partial charge in [-0.2, -0.15) is 0 Å². The minimum absolute atomic E-state index is 0.171. The van der Waals surface area contributed by atoms with Gasteiger partial charge in [0.25, 0.3) is 0 Å². The normalized spacial score (nSPS) is 19.9. The van der Waals surface area contributed by atoms with Crippen molar-refractivity contribution in [3.63, 3.8) is 0 Å². The van der Waals surface area contributed by atoms with E-state index in [1.54, 1.807) is 0 Å². The lowest BCUT2D eigenvalue weighted by Gasteiger charge is -2.33. The van der Waals surface area contributed by atoms with Crippen LogP contribution in [-0.4, -0.2) is 74.7 Å². The molecular formula is C15H27N7O. The monoisotopic (exact) mass is 321 g/mol. The summed E-state index contributed by atoms with van der Waals surface area (Å²) in [6, 6.07) is 0.450. The zero-order valence-electron chi connectivity index (χ0n) is 13.9. The Balaban J connectivity index is 1.40. The molecule has 1 saturated carbocycles. The number of nitrogens with one attached hydrogen (secondary N) is 1. The number of hydrogen-bond donors (Lipinski definition) is 1. The van der Waals surface area contributed by atoms with E-state index in [2.05, 4.69) is 37.6 Å².